The molecule has 1 aromatic carbocycles. The predicted octanol–water partition coefficient (Wildman–Crippen LogP) is 3.91. The normalized spacial score (nSPS) is 9.86. The Morgan fingerprint density at radius 2 is 2.29 bits per heavy atom. The van der Waals surface area contributed by atoms with E-state index < -0.39 is 0 Å². The molecule has 0 aliphatic rings. The molecule has 2 heteroatoms. The second kappa shape index (κ2) is 5.11. The lowest BCUT2D eigenvalue weighted by Crippen LogP contribution is -1.98. The van der Waals surface area contributed by atoms with Gasteiger partial charge in [0.1, 0.15) is 0 Å². The summed E-state index contributed by atoms with van der Waals surface area (Å²) >= 11 is 3.40. The van der Waals surface area contributed by atoms with Gasteiger partial charge in [0.25, 0.3) is 0 Å². The van der Waals surface area contributed by atoms with Crippen LogP contribution in [0, 0.1) is 6.92 Å². The molecule has 0 radical (unpaired) electrons. The first-order chi connectivity index (χ1) is 6.65. The van der Waals surface area contributed by atoms with Crippen molar-refractivity contribution in [3.05, 3.63) is 46.5 Å². The van der Waals surface area contributed by atoms with Crippen LogP contribution in [0.1, 0.15) is 28.8 Å². The maximum Gasteiger partial charge on any atom is 0.163 e. The number of hydrogen-bond acceptors (Lipinski definition) is 1. The van der Waals surface area contributed by atoms with E-state index in [9.17, 15) is 4.79 Å². The maximum atomic E-state index is 11.6. The van der Waals surface area contributed by atoms with Gasteiger partial charge in [-0.2, -0.15) is 0 Å². The van der Waals surface area contributed by atoms with Crippen molar-refractivity contribution in [3.8, 4) is 0 Å². The van der Waals surface area contributed by atoms with E-state index in [-0.39, 0.29) is 5.78 Å². The first-order valence-electron chi connectivity index (χ1n) is 4.55. The minimum atomic E-state index is 0.181. The second-order valence-corrected chi connectivity index (χ2v) is 4.07. The number of aryl methyl sites for hydroxylation is 1. The topological polar surface area (TPSA) is 17.1 Å². The fourth-order valence-corrected chi connectivity index (χ4v) is 1.44. The monoisotopic (exact) mass is 252 g/mol. The molecule has 14 heavy (non-hydrogen) atoms. The van der Waals surface area contributed by atoms with Gasteiger partial charge >= 0.3 is 0 Å². The van der Waals surface area contributed by atoms with E-state index in [0.29, 0.717) is 6.42 Å². The third kappa shape index (κ3) is 2.81. The van der Waals surface area contributed by atoms with Crippen molar-refractivity contribution in [2.24, 2.45) is 0 Å². The summed E-state index contributed by atoms with van der Waals surface area (Å²) in [6, 6.07) is 5.68. The van der Waals surface area contributed by atoms with Crippen molar-refractivity contribution in [2.45, 2.75) is 19.8 Å². The summed E-state index contributed by atoms with van der Waals surface area (Å²) in [4.78, 5) is 11.6. The summed E-state index contributed by atoms with van der Waals surface area (Å²) < 4.78 is 1.04. The molecule has 0 spiro atoms. The van der Waals surface area contributed by atoms with Crippen LogP contribution < -0.4 is 0 Å². The Balaban J connectivity index is 2.80. The number of rotatable bonds is 4. The van der Waals surface area contributed by atoms with E-state index >= 15 is 0 Å². The van der Waals surface area contributed by atoms with E-state index in [0.717, 1.165) is 22.0 Å². The van der Waals surface area contributed by atoms with Crippen molar-refractivity contribution < 1.29 is 4.79 Å². The molecule has 0 saturated heterocycles. The molecular weight excluding hydrogens is 240 g/mol. The zero-order valence-corrected chi connectivity index (χ0v) is 9.80. The standard InChI is InChI=1S/C12H13BrO/c1-3-4-5-12(14)10-6-7-11(13)9(2)8-10/h3,6-8H,1,4-5H2,2H3. The average molecular weight is 253 g/mol. The quantitative estimate of drug-likeness (QED) is 0.587. The number of Topliss-reactive ketones (excluding diaryl/α,β-unsaturated/α-hetero) is 1. The number of carbonyl (C=O) groups excluding carboxylic acids is 1. The summed E-state index contributed by atoms with van der Waals surface area (Å²) in [5, 5.41) is 0. The van der Waals surface area contributed by atoms with Crippen LogP contribution in [0.25, 0.3) is 0 Å². The Hall–Kier alpha value is -0.890. The van der Waals surface area contributed by atoms with Crippen LogP contribution in [-0.4, -0.2) is 5.78 Å². The van der Waals surface area contributed by atoms with Gasteiger partial charge in [0.2, 0.25) is 0 Å². The molecule has 1 nitrogen and oxygen atoms in total. The summed E-state index contributed by atoms with van der Waals surface area (Å²) in [6.07, 6.45) is 3.06. The molecule has 0 unspecified atom stereocenters. The third-order valence-corrected chi connectivity index (χ3v) is 2.95. The fourth-order valence-electron chi connectivity index (χ4n) is 1.20. The molecular formula is C12H13BrO. The maximum absolute atomic E-state index is 11.6. The first kappa shape index (κ1) is 11.2. The van der Waals surface area contributed by atoms with Gasteiger partial charge in [0, 0.05) is 16.5 Å². The van der Waals surface area contributed by atoms with Crippen molar-refractivity contribution in [3.63, 3.8) is 0 Å². The molecule has 1 rings (SSSR count). The van der Waals surface area contributed by atoms with Crippen LogP contribution in [0.5, 0.6) is 0 Å². The van der Waals surface area contributed by atoms with Gasteiger partial charge in [-0.1, -0.05) is 28.1 Å². The molecule has 74 valence electrons. The molecule has 0 bridgehead atoms. The SMILES string of the molecule is C=CCCC(=O)c1ccc(Br)c(C)c1. The van der Waals surface area contributed by atoms with E-state index in [1.54, 1.807) is 6.08 Å². The van der Waals surface area contributed by atoms with Gasteiger partial charge in [-0.25, -0.2) is 0 Å². The molecule has 0 amide bonds. The fraction of sp³-hybridized carbons (Fsp3) is 0.250. The van der Waals surface area contributed by atoms with Gasteiger partial charge in [-0.15, -0.1) is 6.58 Å². The molecule has 0 saturated carbocycles. The second-order valence-electron chi connectivity index (χ2n) is 3.21. The summed E-state index contributed by atoms with van der Waals surface area (Å²) in [5.41, 5.74) is 1.88. The zero-order valence-electron chi connectivity index (χ0n) is 8.22. The summed E-state index contributed by atoms with van der Waals surface area (Å²) in [5.74, 6) is 0.181. The molecule has 0 fully saturated rings. The number of carbonyl (C=O) groups is 1. The highest BCUT2D eigenvalue weighted by Gasteiger charge is 2.05. The van der Waals surface area contributed by atoms with Crippen LogP contribution in [0.4, 0.5) is 0 Å². The van der Waals surface area contributed by atoms with Gasteiger partial charge < -0.3 is 0 Å². The zero-order chi connectivity index (χ0) is 10.6. The van der Waals surface area contributed by atoms with Gasteiger partial charge in [-0.05, 0) is 31.0 Å². The molecule has 0 aliphatic heterocycles. The molecule has 0 N–H and O–H groups in total. The van der Waals surface area contributed by atoms with Gasteiger partial charge in [-0.3, -0.25) is 4.79 Å². The number of ketones is 1. The molecule has 0 atom stereocenters. The van der Waals surface area contributed by atoms with Gasteiger partial charge in [0.15, 0.2) is 5.78 Å². The Morgan fingerprint density at radius 1 is 1.57 bits per heavy atom. The molecule has 0 aliphatic carbocycles. The van der Waals surface area contributed by atoms with E-state index in [1.807, 2.05) is 25.1 Å². The Bertz CT molecular complexity index is 355. The molecule has 0 aromatic heterocycles. The highest BCUT2D eigenvalue weighted by molar-refractivity contribution is 9.10. The number of halogens is 1. The Kier molecular flexibility index (Phi) is 4.08. The van der Waals surface area contributed by atoms with E-state index in [4.69, 9.17) is 0 Å². The smallest absolute Gasteiger partial charge is 0.163 e. The lowest BCUT2D eigenvalue weighted by Gasteiger charge is -2.02. The minimum Gasteiger partial charge on any atom is -0.294 e. The lowest BCUT2D eigenvalue weighted by molar-refractivity contribution is 0.0983. The first-order valence-corrected chi connectivity index (χ1v) is 5.34. The lowest BCUT2D eigenvalue weighted by atomic mass is 10.0. The minimum absolute atomic E-state index is 0.181. The highest BCUT2D eigenvalue weighted by atomic mass is 79.9. The highest BCUT2D eigenvalue weighted by Crippen LogP contribution is 2.18. The third-order valence-electron chi connectivity index (χ3n) is 2.06. The van der Waals surface area contributed by atoms with Crippen LogP contribution in [-0.2, 0) is 0 Å². The number of allylic oxidation sites excluding steroid dienone is 1. The molecule has 1 aromatic rings. The Labute approximate surface area is 93.0 Å². The van der Waals surface area contributed by atoms with Crippen LogP contribution in [0.15, 0.2) is 35.3 Å². The van der Waals surface area contributed by atoms with Crippen molar-refractivity contribution in [1.29, 1.82) is 0 Å². The van der Waals surface area contributed by atoms with Crippen LogP contribution in [0.2, 0.25) is 0 Å². The molecule has 0 heterocycles. The average Bonchev–Trinajstić information content (AvgIpc) is 2.18. The van der Waals surface area contributed by atoms with E-state index in [2.05, 4.69) is 22.5 Å². The Morgan fingerprint density at radius 3 is 2.86 bits per heavy atom. The van der Waals surface area contributed by atoms with Crippen molar-refractivity contribution in [2.75, 3.05) is 0 Å². The van der Waals surface area contributed by atoms with Gasteiger partial charge in [0.05, 0.1) is 0 Å². The summed E-state index contributed by atoms with van der Waals surface area (Å²) in [6.45, 7) is 5.58. The predicted molar refractivity (Wildman–Crippen MR) is 62.6 cm³/mol. The largest absolute Gasteiger partial charge is 0.294 e. The van der Waals surface area contributed by atoms with E-state index in [1.165, 1.54) is 0 Å². The van der Waals surface area contributed by atoms with Crippen molar-refractivity contribution >= 4 is 21.7 Å². The summed E-state index contributed by atoms with van der Waals surface area (Å²) in [7, 11) is 0. The van der Waals surface area contributed by atoms with Crippen molar-refractivity contribution in [1.82, 2.24) is 0 Å². The number of hydrogen-bond donors (Lipinski definition) is 0. The number of benzene rings is 1. The van der Waals surface area contributed by atoms with Crippen LogP contribution >= 0.6 is 15.9 Å². The van der Waals surface area contributed by atoms with Crippen LogP contribution in [0.3, 0.4) is 0 Å².